The molecule has 1 N–H and O–H groups in total. The van der Waals surface area contributed by atoms with Crippen molar-refractivity contribution in [2.75, 3.05) is 27.3 Å². The van der Waals surface area contributed by atoms with E-state index in [0.29, 0.717) is 0 Å². The summed E-state index contributed by atoms with van der Waals surface area (Å²) in [6, 6.07) is 16.5. The molecule has 2 aromatic carbocycles. The number of hydrogen-bond donors (Lipinski definition) is 1. The Morgan fingerprint density at radius 3 is 2.58 bits per heavy atom. The van der Waals surface area contributed by atoms with Crippen molar-refractivity contribution in [1.82, 2.24) is 14.5 Å². The van der Waals surface area contributed by atoms with Crippen LogP contribution in [0.2, 0.25) is 0 Å². The molecule has 0 saturated carbocycles. The van der Waals surface area contributed by atoms with Gasteiger partial charge < -0.3 is 19.3 Å². The van der Waals surface area contributed by atoms with Crippen molar-refractivity contribution in [3.05, 3.63) is 72.1 Å². The fourth-order valence-corrected chi connectivity index (χ4v) is 2.90. The minimum atomic E-state index is 0.00265. The van der Waals surface area contributed by atoms with E-state index in [4.69, 9.17) is 9.84 Å². The fourth-order valence-electron chi connectivity index (χ4n) is 2.90. The summed E-state index contributed by atoms with van der Waals surface area (Å²) < 4.78 is 7.64. The molecule has 0 bridgehead atoms. The lowest BCUT2D eigenvalue weighted by Crippen LogP contribution is -2.10. The molecule has 0 fully saturated rings. The predicted molar refractivity (Wildman–Crippen MR) is 103 cm³/mol. The Bertz CT molecular complexity index is 825. The molecule has 0 atom stereocenters. The molecular weight excluding hydrogens is 326 g/mol. The monoisotopic (exact) mass is 351 g/mol. The molecule has 0 spiro atoms. The molecule has 0 aliphatic rings. The third-order valence-electron chi connectivity index (χ3n) is 4.04. The second kappa shape index (κ2) is 8.65. The van der Waals surface area contributed by atoms with Crippen LogP contribution < -0.4 is 4.74 Å². The zero-order valence-corrected chi connectivity index (χ0v) is 15.3. The number of rotatable bonds is 8. The van der Waals surface area contributed by atoms with Crippen LogP contribution in [0.3, 0.4) is 0 Å². The van der Waals surface area contributed by atoms with Crippen LogP contribution in [-0.4, -0.2) is 46.9 Å². The number of aliphatic hydroxyl groups is 1. The number of ether oxygens (including phenoxy) is 1. The van der Waals surface area contributed by atoms with E-state index < -0.39 is 0 Å². The van der Waals surface area contributed by atoms with Gasteiger partial charge in [-0.3, -0.25) is 0 Å². The number of aliphatic hydroxyl groups excluding tert-OH is 1. The van der Waals surface area contributed by atoms with Gasteiger partial charge in [-0.25, -0.2) is 4.98 Å². The second-order valence-corrected chi connectivity index (χ2v) is 6.53. The van der Waals surface area contributed by atoms with E-state index in [-0.39, 0.29) is 13.2 Å². The van der Waals surface area contributed by atoms with Crippen LogP contribution in [0.5, 0.6) is 5.75 Å². The zero-order valence-electron chi connectivity index (χ0n) is 15.3. The van der Waals surface area contributed by atoms with Gasteiger partial charge in [0.2, 0.25) is 0 Å². The molecule has 0 amide bonds. The number of aromatic nitrogens is 2. The quantitative estimate of drug-likeness (QED) is 0.678. The molecule has 1 aromatic heterocycles. The van der Waals surface area contributed by atoms with Gasteiger partial charge in [-0.1, -0.05) is 36.4 Å². The average Bonchev–Trinajstić information content (AvgIpc) is 3.09. The highest BCUT2D eigenvalue weighted by Gasteiger charge is 2.08. The van der Waals surface area contributed by atoms with Crippen molar-refractivity contribution >= 4 is 0 Å². The largest absolute Gasteiger partial charge is 0.491 e. The molecule has 0 unspecified atom stereocenters. The summed E-state index contributed by atoms with van der Waals surface area (Å²) in [5, 5.41) is 8.91. The van der Waals surface area contributed by atoms with Gasteiger partial charge in [0.25, 0.3) is 0 Å². The van der Waals surface area contributed by atoms with Gasteiger partial charge in [-0.05, 0) is 37.4 Å². The summed E-state index contributed by atoms with van der Waals surface area (Å²) in [5.41, 5.74) is 3.53. The van der Waals surface area contributed by atoms with E-state index in [2.05, 4.69) is 52.8 Å². The van der Waals surface area contributed by atoms with E-state index in [1.54, 1.807) is 0 Å². The average molecular weight is 351 g/mol. The van der Waals surface area contributed by atoms with Crippen LogP contribution >= 0.6 is 0 Å². The Kier molecular flexibility index (Phi) is 6.04. The van der Waals surface area contributed by atoms with Crippen LogP contribution in [0.4, 0.5) is 0 Å². The van der Waals surface area contributed by atoms with Crippen LogP contribution in [0, 0.1) is 0 Å². The van der Waals surface area contributed by atoms with Crippen molar-refractivity contribution in [2.45, 2.75) is 13.1 Å². The standard InChI is InChI=1S/C21H25N3O2/c1-23(2)15-17-6-8-18(9-7-17)16-24-11-10-22-21(24)19-4-3-5-20(14-19)26-13-12-25/h3-11,14,25H,12-13,15-16H2,1-2H3. The third-order valence-corrected chi connectivity index (χ3v) is 4.04. The van der Waals surface area contributed by atoms with Crippen LogP contribution in [0.15, 0.2) is 60.9 Å². The van der Waals surface area contributed by atoms with E-state index in [9.17, 15) is 0 Å². The normalized spacial score (nSPS) is 11.1. The van der Waals surface area contributed by atoms with Gasteiger partial charge in [0.05, 0.1) is 6.61 Å². The molecule has 136 valence electrons. The van der Waals surface area contributed by atoms with Gasteiger partial charge in [0, 0.05) is 31.0 Å². The summed E-state index contributed by atoms with van der Waals surface area (Å²) in [4.78, 5) is 6.67. The molecule has 0 radical (unpaired) electrons. The number of hydrogen-bond acceptors (Lipinski definition) is 4. The molecule has 0 aliphatic carbocycles. The van der Waals surface area contributed by atoms with Crippen molar-refractivity contribution in [3.8, 4) is 17.1 Å². The van der Waals surface area contributed by atoms with Crippen LogP contribution in [-0.2, 0) is 13.1 Å². The zero-order chi connectivity index (χ0) is 18.4. The molecule has 3 rings (SSSR count). The molecule has 1 heterocycles. The Morgan fingerprint density at radius 1 is 1.08 bits per heavy atom. The maximum atomic E-state index is 8.91. The highest BCUT2D eigenvalue weighted by atomic mass is 16.5. The maximum absolute atomic E-state index is 8.91. The van der Waals surface area contributed by atoms with Crippen LogP contribution in [0.1, 0.15) is 11.1 Å². The molecule has 26 heavy (non-hydrogen) atoms. The number of benzene rings is 2. The summed E-state index contributed by atoms with van der Waals surface area (Å²) in [6.07, 6.45) is 3.81. The SMILES string of the molecule is CN(C)Cc1ccc(Cn2ccnc2-c2cccc(OCCO)c2)cc1. The van der Waals surface area contributed by atoms with Gasteiger partial charge in [-0.2, -0.15) is 0 Å². The highest BCUT2D eigenvalue weighted by Crippen LogP contribution is 2.23. The molecule has 3 aromatic rings. The smallest absolute Gasteiger partial charge is 0.140 e. The summed E-state index contributed by atoms with van der Waals surface area (Å²) in [7, 11) is 4.15. The Hall–Kier alpha value is -2.63. The van der Waals surface area contributed by atoms with E-state index in [1.165, 1.54) is 11.1 Å². The van der Waals surface area contributed by atoms with Gasteiger partial charge >= 0.3 is 0 Å². The second-order valence-electron chi connectivity index (χ2n) is 6.53. The van der Waals surface area contributed by atoms with Gasteiger partial charge in [0.1, 0.15) is 18.2 Å². The predicted octanol–water partition coefficient (Wildman–Crippen LogP) is 3.03. The van der Waals surface area contributed by atoms with Crippen molar-refractivity contribution in [2.24, 2.45) is 0 Å². The van der Waals surface area contributed by atoms with Crippen LogP contribution in [0.25, 0.3) is 11.4 Å². The third kappa shape index (κ3) is 4.71. The molecule has 5 heteroatoms. The summed E-state index contributed by atoms with van der Waals surface area (Å²) in [6.45, 7) is 2.00. The number of nitrogens with zero attached hydrogens (tertiary/aromatic N) is 3. The van der Waals surface area contributed by atoms with Crippen molar-refractivity contribution in [3.63, 3.8) is 0 Å². The minimum absolute atomic E-state index is 0.00265. The van der Waals surface area contributed by atoms with Gasteiger partial charge in [-0.15, -0.1) is 0 Å². The first kappa shape index (κ1) is 18.2. The first-order valence-corrected chi connectivity index (χ1v) is 8.73. The lowest BCUT2D eigenvalue weighted by molar-refractivity contribution is 0.201. The Labute approximate surface area is 154 Å². The van der Waals surface area contributed by atoms with Crippen molar-refractivity contribution in [1.29, 1.82) is 0 Å². The molecule has 5 nitrogen and oxygen atoms in total. The molecule has 0 aliphatic heterocycles. The van der Waals surface area contributed by atoms with E-state index >= 15 is 0 Å². The maximum Gasteiger partial charge on any atom is 0.140 e. The Balaban J connectivity index is 1.76. The van der Waals surface area contributed by atoms with E-state index in [0.717, 1.165) is 30.2 Å². The lowest BCUT2D eigenvalue weighted by Gasteiger charge is -2.12. The topological polar surface area (TPSA) is 50.5 Å². The highest BCUT2D eigenvalue weighted by molar-refractivity contribution is 5.58. The summed E-state index contributed by atoms with van der Waals surface area (Å²) >= 11 is 0. The summed E-state index contributed by atoms with van der Waals surface area (Å²) in [5.74, 6) is 1.64. The molecule has 0 saturated heterocycles. The van der Waals surface area contributed by atoms with Gasteiger partial charge in [0.15, 0.2) is 0 Å². The first-order chi connectivity index (χ1) is 12.7. The Morgan fingerprint density at radius 2 is 1.85 bits per heavy atom. The minimum Gasteiger partial charge on any atom is -0.491 e. The van der Waals surface area contributed by atoms with Crippen molar-refractivity contribution < 1.29 is 9.84 Å². The fraction of sp³-hybridized carbons (Fsp3) is 0.286. The number of imidazole rings is 1. The first-order valence-electron chi connectivity index (χ1n) is 8.73. The van der Waals surface area contributed by atoms with E-state index in [1.807, 2.05) is 36.7 Å². The lowest BCUT2D eigenvalue weighted by atomic mass is 10.1. The molecular formula is C21H25N3O2.